The van der Waals surface area contributed by atoms with Crippen LogP contribution < -0.4 is 18.7 Å². The largest absolute Gasteiger partial charge is 0.495 e. The van der Waals surface area contributed by atoms with E-state index in [9.17, 15) is 13.2 Å². The quantitative estimate of drug-likeness (QED) is 0.451. The van der Waals surface area contributed by atoms with E-state index in [0.717, 1.165) is 21.1 Å². The molecule has 0 fully saturated rings. The molecular weight excluding hydrogens is 488 g/mol. The van der Waals surface area contributed by atoms with Gasteiger partial charge in [0.2, 0.25) is 5.91 Å². The second kappa shape index (κ2) is 9.79. The summed E-state index contributed by atoms with van der Waals surface area (Å²) in [6.45, 7) is 3.33. The highest BCUT2D eigenvalue weighted by Crippen LogP contribution is 2.36. The fourth-order valence-electron chi connectivity index (χ4n) is 4.37. The van der Waals surface area contributed by atoms with Crippen molar-refractivity contribution < 1.29 is 22.7 Å². The number of methoxy groups -OCH3 is 2. The van der Waals surface area contributed by atoms with Crippen LogP contribution in [-0.4, -0.2) is 41.1 Å². The van der Waals surface area contributed by atoms with Crippen LogP contribution >= 0.6 is 11.6 Å². The number of rotatable bonds is 7. The van der Waals surface area contributed by atoms with Gasteiger partial charge in [0.1, 0.15) is 22.9 Å². The molecule has 1 aliphatic rings. The van der Waals surface area contributed by atoms with E-state index < -0.39 is 16.6 Å². The summed E-state index contributed by atoms with van der Waals surface area (Å²) in [5.74, 6) is 0.242. The first-order chi connectivity index (χ1) is 16.7. The maximum atomic E-state index is 14.0. The molecule has 1 amide bonds. The number of aryl methyl sites for hydroxylation is 1. The van der Waals surface area contributed by atoms with Gasteiger partial charge in [-0.3, -0.25) is 9.10 Å². The molecule has 3 aromatic carbocycles. The van der Waals surface area contributed by atoms with E-state index in [1.807, 2.05) is 31.2 Å². The van der Waals surface area contributed by atoms with Gasteiger partial charge in [0.05, 0.1) is 24.9 Å². The van der Waals surface area contributed by atoms with Crippen LogP contribution in [0.3, 0.4) is 0 Å². The van der Waals surface area contributed by atoms with E-state index in [-0.39, 0.29) is 33.3 Å². The van der Waals surface area contributed by atoms with E-state index in [1.165, 1.54) is 26.4 Å². The first-order valence-electron chi connectivity index (χ1n) is 11.1. The van der Waals surface area contributed by atoms with Crippen molar-refractivity contribution in [1.82, 2.24) is 0 Å². The van der Waals surface area contributed by atoms with Crippen LogP contribution in [-0.2, 0) is 21.2 Å². The SMILES string of the molecule is COc1ccc(N(CC(=O)N2c3ccccc3C[C@H]2C)S(=O)(=O)c2cc(C)ccc2OC)cc1Cl. The Morgan fingerprint density at radius 2 is 1.74 bits per heavy atom. The molecule has 7 nitrogen and oxygen atoms in total. The summed E-state index contributed by atoms with van der Waals surface area (Å²) in [4.78, 5) is 15.3. The third-order valence-corrected chi connectivity index (χ3v) is 8.16. The lowest BCUT2D eigenvalue weighted by Gasteiger charge is -2.29. The smallest absolute Gasteiger partial charge is 0.268 e. The molecule has 0 unspecified atom stereocenters. The third kappa shape index (κ3) is 4.68. The number of nitrogens with zero attached hydrogens (tertiary/aromatic N) is 2. The maximum absolute atomic E-state index is 14.0. The van der Waals surface area contributed by atoms with Gasteiger partial charge in [-0.15, -0.1) is 0 Å². The van der Waals surface area contributed by atoms with Crippen LogP contribution in [0, 0.1) is 6.92 Å². The number of amides is 1. The summed E-state index contributed by atoms with van der Waals surface area (Å²) in [5, 5.41) is 0.230. The highest BCUT2D eigenvalue weighted by Gasteiger charge is 2.36. The van der Waals surface area contributed by atoms with Gasteiger partial charge in [-0.05, 0) is 67.8 Å². The number of para-hydroxylation sites is 1. The van der Waals surface area contributed by atoms with E-state index >= 15 is 0 Å². The predicted molar refractivity (Wildman–Crippen MR) is 137 cm³/mol. The Balaban J connectivity index is 1.81. The molecule has 0 saturated carbocycles. The lowest BCUT2D eigenvalue weighted by molar-refractivity contribution is -0.117. The van der Waals surface area contributed by atoms with Crippen molar-refractivity contribution in [3.05, 3.63) is 76.8 Å². The van der Waals surface area contributed by atoms with E-state index in [0.29, 0.717) is 12.2 Å². The van der Waals surface area contributed by atoms with Crippen LogP contribution in [0.15, 0.2) is 65.6 Å². The Morgan fingerprint density at radius 3 is 2.43 bits per heavy atom. The van der Waals surface area contributed by atoms with Crippen molar-refractivity contribution in [3.63, 3.8) is 0 Å². The van der Waals surface area contributed by atoms with Gasteiger partial charge in [-0.1, -0.05) is 35.9 Å². The standard InChI is InChI=1S/C26H27ClN2O5S/c1-17-9-11-24(34-4)25(13-17)35(31,32)28(20-10-12-23(33-3)21(27)15-20)16-26(30)29-18(2)14-19-7-5-6-8-22(19)29/h5-13,15,18H,14,16H2,1-4H3/t18-/m1/s1. The van der Waals surface area contributed by atoms with Gasteiger partial charge in [-0.25, -0.2) is 8.42 Å². The Kier molecular flexibility index (Phi) is 6.96. The topological polar surface area (TPSA) is 76.2 Å². The minimum absolute atomic E-state index is 0.0328. The molecule has 1 aliphatic heterocycles. The van der Waals surface area contributed by atoms with Crippen molar-refractivity contribution in [3.8, 4) is 11.5 Å². The number of ether oxygens (including phenoxy) is 2. The first-order valence-corrected chi connectivity index (χ1v) is 12.9. The Hall–Kier alpha value is -3.23. The molecule has 184 valence electrons. The van der Waals surface area contributed by atoms with Crippen molar-refractivity contribution in [2.45, 2.75) is 31.2 Å². The van der Waals surface area contributed by atoms with Crippen LogP contribution in [0.25, 0.3) is 0 Å². The Bertz CT molecular complexity index is 1380. The molecule has 4 rings (SSSR count). The molecule has 0 aliphatic carbocycles. The number of halogens is 1. The summed E-state index contributed by atoms with van der Waals surface area (Å²) in [7, 11) is -1.33. The minimum atomic E-state index is -4.21. The number of carbonyl (C=O) groups excluding carboxylic acids is 1. The minimum Gasteiger partial charge on any atom is -0.495 e. The number of sulfonamides is 1. The fourth-order valence-corrected chi connectivity index (χ4v) is 6.28. The van der Waals surface area contributed by atoms with Crippen LogP contribution in [0.1, 0.15) is 18.1 Å². The Morgan fingerprint density at radius 1 is 1.06 bits per heavy atom. The van der Waals surface area contributed by atoms with Gasteiger partial charge >= 0.3 is 0 Å². The molecule has 0 radical (unpaired) electrons. The lowest BCUT2D eigenvalue weighted by atomic mass is 10.1. The van der Waals surface area contributed by atoms with Crippen molar-refractivity contribution >= 4 is 38.9 Å². The van der Waals surface area contributed by atoms with Gasteiger partial charge in [0, 0.05) is 11.7 Å². The normalized spacial score (nSPS) is 15.0. The zero-order valence-corrected chi connectivity index (χ0v) is 21.6. The average Bonchev–Trinajstić information content (AvgIpc) is 3.18. The van der Waals surface area contributed by atoms with Gasteiger partial charge in [-0.2, -0.15) is 0 Å². The van der Waals surface area contributed by atoms with E-state index in [4.69, 9.17) is 21.1 Å². The predicted octanol–water partition coefficient (Wildman–Crippen LogP) is 4.84. The molecule has 9 heteroatoms. The molecular formula is C26H27ClN2O5S. The van der Waals surface area contributed by atoms with Crippen molar-refractivity contribution in [1.29, 1.82) is 0 Å². The summed E-state index contributed by atoms with van der Waals surface area (Å²) < 4.78 is 39.7. The summed E-state index contributed by atoms with van der Waals surface area (Å²) in [6.07, 6.45) is 0.703. The zero-order valence-electron chi connectivity index (χ0n) is 20.0. The molecule has 0 bridgehead atoms. The number of anilines is 2. The van der Waals surface area contributed by atoms with E-state index in [1.54, 1.807) is 36.1 Å². The third-order valence-electron chi connectivity index (χ3n) is 6.07. The fraction of sp³-hybridized carbons (Fsp3) is 0.269. The molecule has 35 heavy (non-hydrogen) atoms. The van der Waals surface area contributed by atoms with Crippen molar-refractivity contribution in [2.24, 2.45) is 0 Å². The highest BCUT2D eigenvalue weighted by molar-refractivity contribution is 7.93. The maximum Gasteiger partial charge on any atom is 0.268 e. The van der Waals surface area contributed by atoms with Gasteiger partial charge < -0.3 is 14.4 Å². The number of fused-ring (bicyclic) bond motifs is 1. The van der Waals surface area contributed by atoms with Crippen molar-refractivity contribution in [2.75, 3.05) is 30.0 Å². The molecule has 1 heterocycles. The number of carbonyl (C=O) groups is 1. The first kappa shape index (κ1) is 24.9. The average molecular weight is 515 g/mol. The molecule has 3 aromatic rings. The summed E-state index contributed by atoms with van der Waals surface area (Å²) >= 11 is 6.34. The second-order valence-corrected chi connectivity index (χ2v) is 10.7. The highest BCUT2D eigenvalue weighted by atomic mass is 35.5. The van der Waals surface area contributed by atoms with Gasteiger partial charge in [0.25, 0.3) is 10.0 Å². The molecule has 0 saturated heterocycles. The number of hydrogen-bond acceptors (Lipinski definition) is 5. The second-order valence-electron chi connectivity index (χ2n) is 8.43. The van der Waals surface area contributed by atoms with Crippen LogP contribution in [0.5, 0.6) is 11.5 Å². The Labute approximate surface area is 210 Å². The zero-order chi connectivity index (χ0) is 25.3. The molecule has 0 spiro atoms. The van der Waals surface area contributed by atoms with E-state index in [2.05, 4.69) is 0 Å². The van der Waals surface area contributed by atoms with Gasteiger partial charge in [0.15, 0.2) is 0 Å². The molecule has 0 N–H and O–H groups in total. The van der Waals surface area contributed by atoms with Crippen LogP contribution in [0.4, 0.5) is 11.4 Å². The monoisotopic (exact) mass is 514 g/mol. The van der Waals surface area contributed by atoms with Crippen LogP contribution in [0.2, 0.25) is 5.02 Å². The molecule has 0 aromatic heterocycles. The number of hydrogen-bond donors (Lipinski definition) is 0. The summed E-state index contributed by atoms with van der Waals surface area (Å²) in [6, 6.07) is 17.1. The lowest BCUT2D eigenvalue weighted by Crippen LogP contribution is -2.45. The molecule has 1 atom stereocenters. The number of benzene rings is 3. The summed E-state index contributed by atoms with van der Waals surface area (Å²) in [5.41, 5.74) is 2.83.